The zero-order chi connectivity index (χ0) is 9.10. The fourth-order valence-electron chi connectivity index (χ4n) is 1.51. The predicted molar refractivity (Wildman–Crippen MR) is 49.3 cm³/mol. The van der Waals surface area contributed by atoms with E-state index in [4.69, 9.17) is 4.74 Å². The fraction of sp³-hybridized carbons (Fsp3) is 0.600. The molecule has 1 fully saturated rings. The van der Waals surface area contributed by atoms with E-state index in [9.17, 15) is 0 Å². The third kappa shape index (κ3) is 2.04. The van der Waals surface area contributed by atoms with Crippen LogP contribution in [0.4, 0.5) is 0 Å². The summed E-state index contributed by atoms with van der Waals surface area (Å²) < 4.78 is 5.58. The molecule has 13 heavy (non-hydrogen) atoms. The monoisotopic (exact) mass is 178 g/mol. The van der Waals surface area contributed by atoms with Gasteiger partial charge >= 0.3 is 0 Å². The van der Waals surface area contributed by atoms with Crippen LogP contribution in [0.15, 0.2) is 12.4 Å². The Kier molecular flexibility index (Phi) is 2.54. The lowest BCUT2D eigenvalue weighted by molar-refractivity contribution is 0.00941. The number of hydrogen-bond acceptors (Lipinski definition) is 3. The fourth-order valence-corrected chi connectivity index (χ4v) is 1.51. The minimum atomic E-state index is 0.134. The standard InChI is InChI=1S/C10H14N2O/c1-8-6-11-10(12-7-8)9-4-2-3-5-13-9/h6-7,9H,2-5H2,1H3/t9-/m1/s1. The molecule has 3 nitrogen and oxygen atoms in total. The van der Waals surface area contributed by atoms with Gasteiger partial charge in [0.15, 0.2) is 5.82 Å². The van der Waals surface area contributed by atoms with Gasteiger partial charge in [0, 0.05) is 19.0 Å². The Balaban J connectivity index is 2.10. The lowest BCUT2D eigenvalue weighted by atomic mass is 10.1. The summed E-state index contributed by atoms with van der Waals surface area (Å²) in [6.07, 6.45) is 7.28. The van der Waals surface area contributed by atoms with Crippen LogP contribution < -0.4 is 0 Å². The molecule has 0 N–H and O–H groups in total. The van der Waals surface area contributed by atoms with E-state index in [0.29, 0.717) is 0 Å². The Bertz CT molecular complexity index is 265. The highest BCUT2D eigenvalue weighted by molar-refractivity contribution is 5.03. The van der Waals surface area contributed by atoms with E-state index in [1.54, 1.807) is 0 Å². The number of rotatable bonds is 1. The number of nitrogens with zero attached hydrogens (tertiary/aromatic N) is 2. The lowest BCUT2D eigenvalue weighted by Crippen LogP contribution is -2.14. The van der Waals surface area contributed by atoms with Gasteiger partial charge in [0.05, 0.1) is 0 Å². The molecule has 1 aliphatic rings. The molecule has 1 saturated heterocycles. The summed E-state index contributed by atoms with van der Waals surface area (Å²) in [6.45, 7) is 2.84. The highest BCUT2D eigenvalue weighted by Crippen LogP contribution is 2.24. The first-order chi connectivity index (χ1) is 6.36. The molecule has 1 atom stereocenters. The van der Waals surface area contributed by atoms with Crippen molar-refractivity contribution in [3.8, 4) is 0 Å². The van der Waals surface area contributed by atoms with Gasteiger partial charge in [-0.15, -0.1) is 0 Å². The summed E-state index contributed by atoms with van der Waals surface area (Å²) in [5.74, 6) is 0.838. The van der Waals surface area contributed by atoms with Crippen LogP contribution in [0.3, 0.4) is 0 Å². The smallest absolute Gasteiger partial charge is 0.157 e. The summed E-state index contributed by atoms with van der Waals surface area (Å²) in [4.78, 5) is 8.53. The van der Waals surface area contributed by atoms with Gasteiger partial charge in [-0.05, 0) is 31.7 Å². The van der Waals surface area contributed by atoms with Crippen LogP contribution in [0, 0.1) is 6.92 Å². The van der Waals surface area contributed by atoms with Gasteiger partial charge < -0.3 is 4.74 Å². The van der Waals surface area contributed by atoms with Gasteiger partial charge in [-0.25, -0.2) is 9.97 Å². The lowest BCUT2D eigenvalue weighted by Gasteiger charge is -2.20. The number of aromatic nitrogens is 2. The second-order valence-corrected chi connectivity index (χ2v) is 3.47. The predicted octanol–water partition coefficient (Wildman–Crippen LogP) is 2.03. The Labute approximate surface area is 78.2 Å². The molecule has 0 amide bonds. The normalized spacial score (nSPS) is 23.0. The Morgan fingerprint density at radius 1 is 1.31 bits per heavy atom. The Morgan fingerprint density at radius 3 is 2.69 bits per heavy atom. The number of aryl methyl sites for hydroxylation is 1. The molecule has 1 aliphatic heterocycles. The van der Waals surface area contributed by atoms with Gasteiger partial charge in [-0.2, -0.15) is 0 Å². The SMILES string of the molecule is Cc1cnc([C@H]2CCCCO2)nc1. The van der Waals surface area contributed by atoms with Crippen molar-refractivity contribution in [1.82, 2.24) is 9.97 Å². The van der Waals surface area contributed by atoms with Crippen LogP contribution in [-0.2, 0) is 4.74 Å². The van der Waals surface area contributed by atoms with Crippen LogP contribution in [0.1, 0.15) is 36.8 Å². The van der Waals surface area contributed by atoms with Crippen molar-refractivity contribution in [2.75, 3.05) is 6.61 Å². The van der Waals surface area contributed by atoms with E-state index in [1.807, 2.05) is 19.3 Å². The molecule has 3 heteroatoms. The molecule has 0 saturated carbocycles. The molecule has 0 unspecified atom stereocenters. The molecular formula is C10H14N2O. The Hall–Kier alpha value is -0.960. The summed E-state index contributed by atoms with van der Waals surface area (Å²) in [5.41, 5.74) is 1.10. The average Bonchev–Trinajstić information content (AvgIpc) is 2.20. The number of ether oxygens (including phenoxy) is 1. The van der Waals surface area contributed by atoms with Crippen LogP contribution >= 0.6 is 0 Å². The average molecular weight is 178 g/mol. The first-order valence-electron chi connectivity index (χ1n) is 4.76. The minimum Gasteiger partial charge on any atom is -0.370 e. The van der Waals surface area contributed by atoms with Gasteiger partial charge in [-0.1, -0.05) is 0 Å². The van der Waals surface area contributed by atoms with Crippen LogP contribution in [0.25, 0.3) is 0 Å². The maximum atomic E-state index is 5.58. The van der Waals surface area contributed by atoms with Gasteiger partial charge in [0.2, 0.25) is 0 Å². The number of hydrogen-bond donors (Lipinski definition) is 0. The highest BCUT2D eigenvalue weighted by Gasteiger charge is 2.17. The summed E-state index contributed by atoms with van der Waals surface area (Å²) in [6, 6.07) is 0. The molecule has 0 bridgehead atoms. The largest absolute Gasteiger partial charge is 0.370 e. The van der Waals surface area contributed by atoms with Crippen molar-refractivity contribution < 1.29 is 4.74 Å². The van der Waals surface area contributed by atoms with E-state index in [-0.39, 0.29) is 6.10 Å². The highest BCUT2D eigenvalue weighted by atomic mass is 16.5. The molecular weight excluding hydrogens is 164 g/mol. The van der Waals surface area contributed by atoms with Crippen LogP contribution in [-0.4, -0.2) is 16.6 Å². The molecule has 1 aromatic heterocycles. The molecule has 2 heterocycles. The van der Waals surface area contributed by atoms with Crippen molar-refractivity contribution in [3.63, 3.8) is 0 Å². The van der Waals surface area contributed by atoms with Crippen LogP contribution in [0.5, 0.6) is 0 Å². The summed E-state index contributed by atoms with van der Waals surface area (Å²) in [7, 11) is 0. The van der Waals surface area contributed by atoms with E-state index >= 15 is 0 Å². The first kappa shape index (κ1) is 8.63. The molecule has 0 aromatic carbocycles. The van der Waals surface area contributed by atoms with Crippen molar-refractivity contribution in [2.24, 2.45) is 0 Å². The third-order valence-corrected chi connectivity index (χ3v) is 2.27. The molecule has 1 aromatic rings. The van der Waals surface area contributed by atoms with E-state index in [2.05, 4.69) is 9.97 Å². The molecule has 70 valence electrons. The van der Waals surface area contributed by atoms with Gasteiger partial charge in [0.1, 0.15) is 6.10 Å². The zero-order valence-corrected chi connectivity index (χ0v) is 7.86. The second-order valence-electron chi connectivity index (χ2n) is 3.47. The quantitative estimate of drug-likeness (QED) is 0.660. The molecule has 0 radical (unpaired) electrons. The van der Waals surface area contributed by atoms with Crippen molar-refractivity contribution in [3.05, 3.63) is 23.8 Å². The molecule has 0 aliphatic carbocycles. The zero-order valence-electron chi connectivity index (χ0n) is 7.86. The maximum Gasteiger partial charge on any atom is 0.157 e. The maximum absolute atomic E-state index is 5.58. The van der Waals surface area contributed by atoms with Crippen molar-refractivity contribution in [2.45, 2.75) is 32.3 Å². The van der Waals surface area contributed by atoms with Crippen molar-refractivity contribution >= 4 is 0 Å². The Morgan fingerprint density at radius 2 is 2.08 bits per heavy atom. The molecule has 0 spiro atoms. The first-order valence-corrected chi connectivity index (χ1v) is 4.76. The summed E-state index contributed by atoms with van der Waals surface area (Å²) >= 11 is 0. The second kappa shape index (κ2) is 3.83. The minimum absolute atomic E-state index is 0.134. The van der Waals surface area contributed by atoms with E-state index in [0.717, 1.165) is 24.4 Å². The van der Waals surface area contributed by atoms with Crippen LogP contribution in [0.2, 0.25) is 0 Å². The third-order valence-electron chi connectivity index (χ3n) is 2.27. The van der Waals surface area contributed by atoms with E-state index in [1.165, 1.54) is 12.8 Å². The van der Waals surface area contributed by atoms with Gasteiger partial charge in [-0.3, -0.25) is 0 Å². The molecule has 2 rings (SSSR count). The topological polar surface area (TPSA) is 35.0 Å². The van der Waals surface area contributed by atoms with Crippen molar-refractivity contribution in [1.29, 1.82) is 0 Å². The van der Waals surface area contributed by atoms with E-state index < -0.39 is 0 Å². The summed E-state index contributed by atoms with van der Waals surface area (Å²) in [5, 5.41) is 0. The van der Waals surface area contributed by atoms with Gasteiger partial charge in [0.25, 0.3) is 0 Å².